The first-order valence-corrected chi connectivity index (χ1v) is 9.83. The third kappa shape index (κ3) is 5.01. The average molecular weight is 497 g/mol. The highest BCUT2D eigenvalue weighted by atomic mass is 35.5. The minimum Gasteiger partial charge on any atom is -0.457 e. The summed E-state index contributed by atoms with van der Waals surface area (Å²) in [4.78, 5) is 22.9. The first kappa shape index (κ1) is 22.7. The van der Waals surface area contributed by atoms with Gasteiger partial charge in [0.1, 0.15) is 28.2 Å². The number of rotatable bonds is 5. The highest BCUT2D eigenvalue weighted by molar-refractivity contribution is 6.44. The summed E-state index contributed by atoms with van der Waals surface area (Å²) in [5.74, 6) is -0.399. The molecule has 0 atom stereocenters. The largest absolute Gasteiger partial charge is 0.457 e. The maximum atomic E-state index is 12.4. The lowest BCUT2D eigenvalue weighted by molar-refractivity contribution is -0.384. The summed E-state index contributed by atoms with van der Waals surface area (Å²) in [6.45, 7) is 0. The monoisotopic (exact) mass is 495 g/mol. The van der Waals surface area contributed by atoms with E-state index in [9.17, 15) is 20.2 Å². The number of nitrogens with one attached hydrogen (secondary N) is 1. The number of benzene rings is 2. The van der Waals surface area contributed by atoms with Crippen LogP contribution in [0.1, 0.15) is 5.76 Å². The van der Waals surface area contributed by atoms with Gasteiger partial charge in [-0.3, -0.25) is 14.9 Å². The van der Waals surface area contributed by atoms with Gasteiger partial charge in [-0.2, -0.15) is 5.26 Å². The molecular formula is C20H9Cl4N3O4. The molecule has 3 rings (SSSR count). The van der Waals surface area contributed by atoms with Crippen molar-refractivity contribution in [3.05, 3.63) is 84.0 Å². The number of carbonyl (C=O) groups excluding carboxylic acids is 1. The summed E-state index contributed by atoms with van der Waals surface area (Å²) in [5.41, 5.74) is -0.151. The molecule has 0 aliphatic rings. The molecule has 0 unspecified atom stereocenters. The number of halogens is 4. The lowest BCUT2D eigenvalue weighted by Crippen LogP contribution is -2.13. The summed E-state index contributed by atoms with van der Waals surface area (Å²) >= 11 is 23.9. The molecule has 3 aromatic rings. The van der Waals surface area contributed by atoms with Crippen LogP contribution in [0, 0.1) is 21.4 Å². The van der Waals surface area contributed by atoms with Crippen LogP contribution >= 0.6 is 46.4 Å². The van der Waals surface area contributed by atoms with Gasteiger partial charge in [0.2, 0.25) is 0 Å². The van der Waals surface area contributed by atoms with Crippen LogP contribution in [-0.2, 0) is 4.79 Å². The number of nitrogens with zero attached hydrogens (tertiary/aromatic N) is 2. The van der Waals surface area contributed by atoms with E-state index in [2.05, 4.69) is 5.32 Å². The molecule has 0 saturated carbocycles. The molecule has 1 amide bonds. The molecule has 31 heavy (non-hydrogen) atoms. The van der Waals surface area contributed by atoms with Gasteiger partial charge in [-0.1, -0.05) is 52.5 Å². The Morgan fingerprint density at radius 2 is 1.84 bits per heavy atom. The Kier molecular flexibility index (Phi) is 6.88. The van der Waals surface area contributed by atoms with Crippen LogP contribution in [0.4, 0.5) is 11.4 Å². The van der Waals surface area contributed by atoms with E-state index >= 15 is 0 Å². The van der Waals surface area contributed by atoms with Gasteiger partial charge in [-0.05, 0) is 30.3 Å². The highest BCUT2D eigenvalue weighted by Crippen LogP contribution is 2.37. The number of anilines is 1. The van der Waals surface area contributed by atoms with Crippen molar-refractivity contribution in [1.29, 1.82) is 5.26 Å². The van der Waals surface area contributed by atoms with Crippen molar-refractivity contribution >= 4 is 69.8 Å². The summed E-state index contributed by atoms with van der Waals surface area (Å²) in [6, 6.07) is 11.8. The van der Waals surface area contributed by atoms with Crippen LogP contribution < -0.4 is 5.32 Å². The molecule has 2 aromatic carbocycles. The van der Waals surface area contributed by atoms with Gasteiger partial charge in [0.25, 0.3) is 11.6 Å². The van der Waals surface area contributed by atoms with Gasteiger partial charge in [0.15, 0.2) is 0 Å². The maximum Gasteiger partial charge on any atom is 0.288 e. The topological polar surface area (TPSA) is 109 Å². The molecule has 0 aliphatic carbocycles. The summed E-state index contributed by atoms with van der Waals surface area (Å²) < 4.78 is 5.60. The molecule has 0 radical (unpaired) electrons. The maximum absolute atomic E-state index is 12.4. The van der Waals surface area contributed by atoms with Crippen LogP contribution in [-0.4, -0.2) is 10.8 Å². The fraction of sp³-hybridized carbons (Fsp3) is 0. The molecule has 0 saturated heterocycles. The van der Waals surface area contributed by atoms with Crippen LogP contribution in [0.25, 0.3) is 17.4 Å². The van der Waals surface area contributed by atoms with E-state index in [1.807, 2.05) is 0 Å². The first-order chi connectivity index (χ1) is 14.7. The predicted octanol–water partition coefficient (Wildman–Crippen LogP) is 7.01. The standard InChI is InChI=1S/C20H9Cl4N3O4/c21-13-2-1-3-16(19(13)24)26-20(28)10(9-25)6-11-4-5-18(31-11)12-7-17(27(29)30)15(23)8-14(12)22/h1-8H,(H,26,28)/b10-6-. The number of amides is 1. The Morgan fingerprint density at radius 3 is 2.52 bits per heavy atom. The van der Waals surface area contributed by atoms with E-state index in [0.29, 0.717) is 0 Å². The SMILES string of the molecule is N#C/C(=C/c1ccc(-c2cc([N+](=O)[O-])c(Cl)cc2Cl)o1)C(=O)Nc1cccc(Cl)c1Cl. The number of carbonyl (C=O) groups is 1. The summed E-state index contributed by atoms with van der Waals surface area (Å²) in [7, 11) is 0. The Morgan fingerprint density at radius 1 is 1.10 bits per heavy atom. The van der Waals surface area contributed by atoms with Crippen LogP contribution in [0.3, 0.4) is 0 Å². The van der Waals surface area contributed by atoms with Crippen molar-refractivity contribution in [2.75, 3.05) is 5.32 Å². The molecule has 1 heterocycles. The molecular weight excluding hydrogens is 488 g/mol. The van der Waals surface area contributed by atoms with Gasteiger partial charge in [-0.25, -0.2) is 0 Å². The van der Waals surface area contributed by atoms with Crippen LogP contribution in [0.15, 0.2) is 52.5 Å². The minimum absolute atomic E-state index is 0.117. The van der Waals surface area contributed by atoms with Gasteiger partial charge in [-0.15, -0.1) is 0 Å². The van der Waals surface area contributed by atoms with E-state index in [1.165, 1.54) is 36.4 Å². The van der Waals surface area contributed by atoms with Crippen molar-refractivity contribution < 1.29 is 14.1 Å². The highest BCUT2D eigenvalue weighted by Gasteiger charge is 2.19. The zero-order valence-electron chi connectivity index (χ0n) is 15.2. The predicted molar refractivity (Wildman–Crippen MR) is 120 cm³/mol. The average Bonchev–Trinajstić information content (AvgIpc) is 3.17. The van der Waals surface area contributed by atoms with Crippen molar-refractivity contribution in [1.82, 2.24) is 0 Å². The van der Waals surface area contributed by atoms with E-state index in [1.54, 1.807) is 18.2 Å². The molecule has 7 nitrogen and oxygen atoms in total. The minimum atomic E-state index is -0.732. The second kappa shape index (κ2) is 9.41. The summed E-state index contributed by atoms with van der Waals surface area (Å²) in [6.07, 6.45) is 1.20. The molecule has 1 N–H and O–H groups in total. The Labute approximate surface area is 195 Å². The Bertz CT molecular complexity index is 1280. The molecule has 0 fully saturated rings. The van der Waals surface area contributed by atoms with Gasteiger partial charge in [0.05, 0.1) is 25.7 Å². The second-order valence-electron chi connectivity index (χ2n) is 5.97. The van der Waals surface area contributed by atoms with Crippen molar-refractivity contribution in [3.63, 3.8) is 0 Å². The smallest absolute Gasteiger partial charge is 0.288 e. The summed E-state index contributed by atoms with van der Waals surface area (Å²) in [5, 5.41) is 23.4. The van der Waals surface area contributed by atoms with Crippen LogP contribution in [0.5, 0.6) is 0 Å². The number of hydrogen-bond acceptors (Lipinski definition) is 5. The quantitative estimate of drug-likeness (QED) is 0.177. The lowest BCUT2D eigenvalue weighted by Gasteiger charge is -2.07. The van der Waals surface area contributed by atoms with Gasteiger partial charge >= 0.3 is 0 Å². The van der Waals surface area contributed by atoms with Gasteiger partial charge < -0.3 is 9.73 Å². The molecule has 0 bridgehead atoms. The number of nitro groups is 1. The number of furan rings is 1. The lowest BCUT2D eigenvalue weighted by atomic mass is 10.1. The molecule has 11 heteroatoms. The fourth-order valence-corrected chi connectivity index (χ4v) is 3.42. The Hall–Kier alpha value is -3.02. The molecule has 156 valence electrons. The normalized spacial score (nSPS) is 11.1. The third-order valence-corrected chi connectivity index (χ3v) is 5.41. The third-order valence-electron chi connectivity index (χ3n) is 3.98. The van der Waals surface area contributed by atoms with Crippen molar-refractivity contribution in [2.45, 2.75) is 0 Å². The second-order valence-corrected chi connectivity index (χ2v) is 7.57. The van der Waals surface area contributed by atoms with Crippen molar-refractivity contribution in [3.8, 4) is 17.4 Å². The Balaban J connectivity index is 1.90. The molecule has 0 spiro atoms. The number of nitriles is 1. The zero-order valence-corrected chi connectivity index (χ0v) is 18.2. The first-order valence-electron chi connectivity index (χ1n) is 8.32. The van der Waals surface area contributed by atoms with E-state index in [0.717, 1.165) is 0 Å². The van der Waals surface area contributed by atoms with Crippen LogP contribution in [0.2, 0.25) is 20.1 Å². The van der Waals surface area contributed by atoms with Gasteiger partial charge in [0, 0.05) is 17.7 Å². The van der Waals surface area contributed by atoms with E-state index in [4.69, 9.17) is 50.8 Å². The fourth-order valence-electron chi connectivity index (χ4n) is 2.52. The van der Waals surface area contributed by atoms with E-state index < -0.39 is 10.8 Å². The zero-order chi connectivity index (χ0) is 22.7. The molecule has 1 aromatic heterocycles. The number of hydrogen-bond donors (Lipinski definition) is 1. The van der Waals surface area contributed by atoms with Crippen molar-refractivity contribution in [2.24, 2.45) is 0 Å². The van der Waals surface area contributed by atoms with E-state index in [-0.39, 0.29) is 54.1 Å². The number of nitro benzene ring substituents is 1. The molecule has 0 aliphatic heterocycles.